The summed E-state index contributed by atoms with van der Waals surface area (Å²) in [5.74, 6) is -0.218. The van der Waals surface area contributed by atoms with E-state index in [-0.39, 0.29) is 17.6 Å². The van der Waals surface area contributed by atoms with E-state index in [4.69, 9.17) is 0 Å². The number of carbonyl (C=O) groups excluding carboxylic acids is 2. The van der Waals surface area contributed by atoms with Crippen LogP contribution < -0.4 is 10.2 Å². The Labute approximate surface area is 153 Å². The molecule has 1 aliphatic heterocycles. The van der Waals surface area contributed by atoms with Crippen LogP contribution in [0.25, 0.3) is 0 Å². The lowest BCUT2D eigenvalue weighted by atomic mass is 9.98. The van der Waals surface area contributed by atoms with E-state index < -0.39 is 0 Å². The summed E-state index contributed by atoms with van der Waals surface area (Å²) in [6, 6.07) is 11.0. The molecule has 1 aliphatic rings. The average molecular weight is 354 g/mol. The molecule has 2 amide bonds. The van der Waals surface area contributed by atoms with Gasteiger partial charge in [0.25, 0.3) is 11.8 Å². The number of nitrogens with one attached hydrogen (secondary N) is 1. The van der Waals surface area contributed by atoms with Crippen LogP contribution in [0.3, 0.4) is 0 Å². The van der Waals surface area contributed by atoms with Gasteiger partial charge >= 0.3 is 0 Å². The highest BCUT2D eigenvalue weighted by Crippen LogP contribution is 2.29. The molecule has 0 saturated heterocycles. The number of anilines is 1. The maximum Gasteiger partial charge on any atom is 0.258 e. The molecule has 136 valence electrons. The van der Waals surface area contributed by atoms with Crippen molar-refractivity contribution in [3.05, 3.63) is 65.0 Å². The fourth-order valence-electron chi connectivity index (χ4n) is 3.10. The molecule has 0 fully saturated rings. The number of benzene rings is 2. The highest BCUT2D eigenvalue weighted by molar-refractivity contribution is 6.07. The first-order chi connectivity index (χ1) is 12.5. The Morgan fingerprint density at radius 2 is 1.81 bits per heavy atom. The molecule has 0 unspecified atom stereocenters. The number of hydrogen-bond donors (Lipinski definition) is 1. The Balaban J connectivity index is 1.83. The Bertz CT molecular complexity index is 815. The molecule has 2 aromatic rings. The summed E-state index contributed by atoms with van der Waals surface area (Å²) < 4.78 is 13.1. The first-order valence-corrected chi connectivity index (χ1v) is 8.94. The first-order valence-electron chi connectivity index (χ1n) is 8.94. The number of rotatable bonds is 4. The standard InChI is InChI=1S/C21H23FN2O2/c1-14(2)13-23-20(25)17-7-10-19-16(12-17)4-3-11-24(19)21(26)15-5-8-18(22)9-6-15/h5-10,12,14H,3-4,11,13H2,1-2H3,(H,23,25). The van der Waals surface area contributed by atoms with E-state index in [1.54, 1.807) is 11.0 Å². The quantitative estimate of drug-likeness (QED) is 0.908. The van der Waals surface area contributed by atoms with Gasteiger partial charge < -0.3 is 10.2 Å². The molecule has 1 heterocycles. The molecular weight excluding hydrogens is 331 g/mol. The Morgan fingerprint density at radius 1 is 1.12 bits per heavy atom. The lowest BCUT2D eigenvalue weighted by Crippen LogP contribution is -2.35. The number of hydrogen-bond acceptors (Lipinski definition) is 2. The number of aryl methyl sites for hydroxylation is 1. The maximum absolute atomic E-state index is 13.1. The summed E-state index contributed by atoms with van der Waals surface area (Å²) in [5, 5.41) is 2.92. The van der Waals surface area contributed by atoms with Crippen molar-refractivity contribution in [2.75, 3.05) is 18.0 Å². The van der Waals surface area contributed by atoms with Crippen LogP contribution in [0, 0.1) is 11.7 Å². The second kappa shape index (κ2) is 7.68. The van der Waals surface area contributed by atoms with Crippen molar-refractivity contribution in [1.82, 2.24) is 5.32 Å². The molecule has 1 N–H and O–H groups in total. The second-order valence-corrected chi connectivity index (χ2v) is 7.01. The van der Waals surface area contributed by atoms with Crippen molar-refractivity contribution in [2.24, 2.45) is 5.92 Å². The minimum atomic E-state index is -0.363. The third-order valence-electron chi connectivity index (χ3n) is 4.47. The van der Waals surface area contributed by atoms with Crippen LogP contribution in [0.2, 0.25) is 0 Å². The zero-order chi connectivity index (χ0) is 18.7. The Kier molecular flexibility index (Phi) is 5.35. The van der Waals surface area contributed by atoms with Crippen molar-refractivity contribution in [2.45, 2.75) is 26.7 Å². The number of nitrogens with zero attached hydrogens (tertiary/aromatic N) is 1. The van der Waals surface area contributed by atoms with Crippen molar-refractivity contribution in [3.63, 3.8) is 0 Å². The molecule has 4 nitrogen and oxygen atoms in total. The highest BCUT2D eigenvalue weighted by Gasteiger charge is 2.24. The van der Waals surface area contributed by atoms with Crippen molar-refractivity contribution >= 4 is 17.5 Å². The van der Waals surface area contributed by atoms with E-state index in [1.165, 1.54) is 24.3 Å². The van der Waals surface area contributed by atoms with E-state index >= 15 is 0 Å². The number of amides is 2. The molecule has 0 aliphatic carbocycles. The minimum Gasteiger partial charge on any atom is -0.352 e. The summed E-state index contributed by atoms with van der Waals surface area (Å²) >= 11 is 0. The van der Waals surface area contributed by atoms with Crippen molar-refractivity contribution in [3.8, 4) is 0 Å². The molecule has 5 heteroatoms. The van der Waals surface area contributed by atoms with Gasteiger partial charge in [0, 0.05) is 29.9 Å². The fourth-order valence-corrected chi connectivity index (χ4v) is 3.10. The predicted octanol–water partition coefficient (Wildman–Crippen LogP) is 3.80. The summed E-state index contributed by atoms with van der Waals surface area (Å²) in [5.41, 5.74) is 2.88. The molecule has 0 radical (unpaired) electrons. The van der Waals surface area contributed by atoms with Crippen LogP contribution in [-0.2, 0) is 6.42 Å². The molecule has 0 bridgehead atoms. The van der Waals surface area contributed by atoms with Gasteiger partial charge in [-0.1, -0.05) is 13.8 Å². The van der Waals surface area contributed by atoms with Gasteiger partial charge in [-0.2, -0.15) is 0 Å². The monoisotopic (exact) mass is 354 g/mol. The largest absolute Gasteiger partial charge is 0.352 e. The third kappa shape index (κ3) is 3.93. The number of fused-ring (bicyclic) bond motifs is 1. The summed E-state index contributed by atoms with van der Waals surface area (Å²) in [6.07, 6.45) is 1.66. The average Bonchev–Trinajstić information content (AvgIpc) is 2.65. The van der Waals surface area contributed by atoms with Gasteiger partial charge in [0.15, 0.2) is 0 Å². The Hall–Kier alpha value is -2.69. The molecule has 26 heavy (non-hydrogen) atoms. The number of halogens is 1. The van der Waals surface area contributed by atoms with Gasteiger partial charge in [-0.3, -0.25) is 9.59 Å². The second-order valence-electron chi connectivity index (χ2n) is 7.01. The smallest absolute Gasteiger partial charge is 0.258 e. The highest BCUT2D eigenvalue weighted by atomic mass is 19.1. The molecule has 0 saturated carbocycles. The Morgan fingerprint density at radius 3 is 2.50 bits per heavy atom. The normalized spacial score (nSPS) is 13.5. The minimum absolute atomic E-state index is 0.0940. The van der Waals surface area contributed by atoms with Gasteiger partial charge in [-0.05, 0) is 66.8 Å². The van der Waals surface area contributed by atoms with Crippen molar-refractivity contribution in [1.29, 1.82) is 0 Å². The molecule has 0 atom stereocenters. The fraction of sp³-hybridized carbons (Fsp3) is 0.333. The van der Waals surface area contributed by atoms with Gasteiger partial charge in [-0.15, -0.1) is 0 Å². The molecule has 2 aromatic carbocycles. The van der Waals surface area contributed by atoms with Gasteiger partial charge in [0.05, 0.1) is 0 Å². The van der Waals surface area contributed by atoms with E-state index in [0.717, 1.165) is 24.1 Å². The lowest BCUT2D eigenvalue weighted by Gasteiger charge is -2.30. The first kappa shape index (κ1) is 18.1. The van der Waals surface area contributed by atoms with Crippen LogP contribution >= 0.6 is 0 Å². The van der Waals surface area contributed by atoms with E-state index in [0.29, 0.717) is 30.1 Å². The van der Waals surface area contributed by atoms with Crippen LogP contribution in [0.15, 0.2) is 42.5 Å². The molecule has 0 spiro atoms. The lowest BCUT2D eigenvalue weighted by molar-refractivity contribution is 0.0948. The van der Waals surface area contributed by atoms with Gasteiger partial charge in [0.2, 0.25) is 0 Å². The van der Waals surface area contributed by atoms with E-state index in [1.807, 2.05) is 26.0 Å². The molecule has 0 aromatic heterocycles. The number of carbonyl (C=O) groups is 2. The molecule has 3 rings (SSSR count). The van der Waals surface area contributed by atoms with Crippen LogP contribution in [0.1, 0.15) is 46.5 Å². The molecular formula is C21H23FN2O2. The maximum atomic E-state index is 13.1. The van der Waals surface area contributed by atoms with E-state index in [9.17, 15) is 14.0 Å². The summed E-state index contributed by atoms with van der Waals surface area (Å²) in [7, 11) is 0. The predicted molar refractivity (Wildman–Crippen MR) is 100 cm³/mol. The topological polar surface area (TPSA) is 49.4 Å². The van der Waals surface area contributed by atoms with Crippen LogP contribution in [-0.4, -0.2) is 24.9 Å². The summed E-state index contributed by atoms with van der Waals surface area (Å²) in [4.78, 5) is 26.8. The van der Waals surface area contributed by atoms with Crippen LogP contribution in [0.4, 0.5) is 10.1 Å². The van der Waals surface area contributed by atoms with Gasteiger partial charge in [-0.25, -0.2) is 4.39 Å². The van der Waals surface area contributed by atoms with E-state index in [2.05, 4.69) is 5.32 Å². The van der Waals surface area contributed by atoms with Crippen molar-refractivity contribution < 1.29 is 14.0 Å². The third-order valence-corrected chi connectivity index (χ3v) is 4.47. The summed E-state index contributed by atoms with van der Waals surface area (Å²) in [6.45, 7) is 5.34. The van der Waals surface area contributed by atoms with Crippen LogP contribution in [0.5, 0.6) is 0 Å². The van der Waals surface area contributed by atoms with Gasteiger partial charge in [0.1, 0.15) is 5.82 Å². The zero-order valence-electron chi connectivity index (χ0n) is 15.1. The SMILES string of the molecule is CC(C)CNC(=O)c1ccc2c(c1)CCCN2C(=O)c1ccc(F)cc1. The zero-order valence-corrected chi connectivity index (χ0v) is 15.1.